The summed E-state index contributed by atoms with van der Waals surface area (Å²) < 4.78 is 0. The van der Waals surface area contributed by atoms with E-state index in [2.05, 4.69) is 0 Å². The standard InChI is InChI=1S/Mo.Nb.W.Zr. The van der Waals surface area contributed by atoms with Crippen LogP contribution in [0.25, 0.3) is 0 Å². The number of rotatable bonds is 0. The fraction of sp³-hybridized carbons (Fsp3) is 0. The molecule has 0 aliphatic heterocycles. The van der Waals surface area contributed by atoms with E-state index in [1.54, 1.807) is 21.3 Å². The van der Waals surface area contributed by atoms with Crippen molar-refractivity contribution in [3.05, 3.63) is 0 Å². The Balaban J connectivity index is -0.00000000500. The van der Waals surface area contributed by atoms with Crippen LogP contribution in [0.5, 0.6) is 0 Å². The summed E-state index contributed by atoms with van der Waals surface area (Å²) >= 11 is 3.60. The van der Waals surface area contributed by atoms with E-state index in [1.165, 1.54) is 0 Å². The van der Waals surface area contributed by atoms with Crippen molar-refractivity contribution in [1.29, 1.82) is 0 Å². The zero-order chi connectivity index (χ0) is 2.00. The van der Waals surface area contributed by atoms with Crippen molar-refractivity contribution in [3.63, 3.8) is 0 Å². The molecule has 0 unspecified atom stereocenters. The van der Waals surface area contributed by atoms with Crippen LogP contribution in [0.2, 0.25) is 0 Å². The van der Waals surface area contributed by atoms with Crippen molar-refractivity contribution in [3.8, 4) is 0 Å². The van der Waals surface area contributed by atoms with E-state index in [-0.39, 0.29) is 43.4 Å². The third-order valence-corrected chi connectivity index (χ3v) is 0. The molecule has 4 heteroatoms. The average Bonchev–Trinajstić information content (AvgIpc) is 1.00. The monoisotopic (exact) mass is 465 g/mol. The summed E-state index contributed by atoms with van der Waals surface area (Å²) in [6.45, 7) is 0. The summed E-state index contributed by atoms with van der Waals surface area (Å²) in [5.74, 6) is 0. The van der Waals surface area contributed by atoms with Gasteiger partial charge in [0.1, 0.15) is 0 Å². The van der Waals surface area contributed by atoms with Gasteiger partial charge in [0.25, 0.3) is 0 Å². The van der Waals surface area contributed by atoms with E-state index in [0.29, 0.717) is 0 Å². The Hall–Kier alpha value is 3.00. The topological polar surface area (TPSA) is 0 Å². The van der Waals surface area contributed by atoms with Gasteiger partial charge >= 0.3 is 36.9 Å². The molecule has 0 aromatic heterocycles. The fourth-order valence-corrected chi connectivity index (χ4v) is 0. The van der Waals surface area contributed by atoms with Crippen LogP contribution in [-0.2, 0) is 80.4 Å². The Morgan fingerprint density at radius 3 is 1.25 bits per heavy atom. The quantitative estimate of drug-likeness (QED) is 0.443. The molecule has 0 bridgehead atoms. The Morgan fingerprint density at radius 1 is 1.25 bits per heavy atom. The van der Waals surface area contributed by atoms with Crippen molar-refractivity contribution in [1.82, 2.24) is 0 Å². The number of hydrogen-bond donors (Lipinski definition) is 0. The number of hydrogen-bond acceptors (Lipinski definition) is 0. The van der Waals surface area contributed by atoms with E-state index >= 15 is 0 Å². The van der Waals surface area contributed by atoms with E-state index in [4.69, 9.17) is 0 Å². The van der Waals surface area contributed by atoms with Crippen LogP contribution in [0.15, 0.2) is 0 Å². The fourth-order valence-electron chi connectivity index (χ4n) is 0. The van der Waals surface area contributed by atoms with Gasteiger partial charge in [0.15, 0.2) is 0 Å². The molecule has 21 valence electrons. The summed E-state index contributed by atoms with van der Waals surface area (Å²) in [4.78, 5) is 0. The molecule has 0 N–H and O–H groups in total. The second kappa shape index (κ2) is 16.7. The Kier molecular flexibility index (Phi) is 65.6. The normalized spacial score (nSPS) is 0.750. The van der Waals surface area contributed by atoms with Crippen LogP contribution < -0.4 is 0 Å². The van der Waals surface area contributed by atoms with E-state index < -0.39 is 0 Å². The van der Waals surface area contributed by atoms with Crippen molar-refractivity contribution in [2.24, 2.45) is 0 Å². The molecule has 0 aliphatic rings. The van der Waals surface area contributed by atoms with Crippen molar-refractivity contribution in [2.75, 3.05) is 0 Å². The van der Waals surface area contributed by atoms with Crippen molar-refractivity contribution in [2.45, 2.75) is 0 Å². The first-order chi connectivity index (χ1) is 1.00. The van der Waals surface area contributed by atoms with Gasteiger partial charge < -0.3 is 0 Å². The molecule has 0 atom stereocenters. The predicted molar refractivity (Wildman–Crippen MR) is 0 cm³/mol. The van der Waals surface area contributed by atoms with E-state index in [0.717, 1.165) is 0 Å². The van der Waals surface area contributed by atoms with E-state index in [9.17, 15) is 0 Å². The minimum atomic E-state index is 0. The molecule has 0 saturated heterocycles. The van der Waals surface area contributed by atoms with Crippen LogP contribution in [0, 0.1) is 0 Å². The summed E-state index contributed by atoms with van der Waals surface area (Å²) in [5, 5.41) is 0. The van der Waals surface area contributed by atoms with Crippen LogP contribution in [0.1, 0.15) is 0 Å². The Morgan fingerprint density at radius 2 is 1.25 bits per heavy atom. The second-order valence-corrected chi connectivity index (χ2v) is 0. The first-order valence-corrected chi connectivity index (χ1v) is 7.14. The first-order valence-electron chi connectivity index (χ1n) is 0.204. The van der Waals surface area contributed by atoms with Gasteiger partial charge in [-0.1, -0.05) is 0 Å². The zero-order valence-electron chi connectivity index (χ0n) is 1.76. The van der Waals surface area contributed by atoms with Gasteiger partial charge in [0, 0.05) is 43.4 Å². The molecule has 0 spiro atoms. The molecule has 0 nitrogen and oxygen atoms in total. The molecule has 0 aromatic carbocycles. The SMILES string of the molecule is [Nb].[W].[Zr][Mo]. The molecular weight excluding hydrogens is 464 g/mol. The Bertz CT molecular complexity index is 8.00. The van der Waals surface area contributed by atoms with E-state index in [1.807, 2.05) is 15.6 Å². The maximum absolute atomic E-state index is 2.04. The molecule has 0 aliphatic carbocycles. The molecule has 0 heterocycles. The Labute approximate surface area is 78.7 Å². The summed E-state index contributed by atoms with van der Waals surface area (Å²) in [6, 6.07) is 0. The van der Waals surface area contributed by atoms with Crippen molar-refractivity contribution < 1.29 is 80.4 Å². The predicted octanol–water partition coefficient (Wildman–Crippen LogP) is -0.0100. The summed E-state index contributed by atoms with van der Waals surface area (Å²) in [7, 11) is 0. The molecule has 0 rings (SSSR count). The minimum absolute atomic E-state index is 0. The van der Waals surface area contributed by atoms with Crippen molar-refractivity contribution >= 4 is 0 Å². The van der Waals surface area contributed by atoms with Gasteiger partial charge in [-0.25, -0.2) is 0 Å². The van der Waals surface area contributed by atoms with Crippen LogP contribution in [0.3, 0.4) is 0 Å². The van der Waals surface area contributed by atoms with Gasteiger partial charge in [-0.15, -0.1) is 0 Å². The van der Waals surface area contributed by atoms with Gasteiger partial charge in [-0.3, -0.25) is 0 Å². The molecule has 0 aromatic rings. The van der Waals surface area contributed by atoms with Crippen LogP contribution in [0.4, 0.5) is 0 Å². The first kappa shape index (κ1) is 15.8. The molecule has 0 amide bonds. The molecule has 0 fully saturated rings. The van der Waals surface area contributed by atoms with Gasteiger partial charge in [0.2, 0.25) is 0 Å². The second-order valence-electron chi connectivity index (χ2n) is 0. The summed E-state index contributed by atoms with van der Waals surface area (Å²) in [6.07, 6.45) is 0. The van der Waals surface area contributed by atoms with Crippen LogP contribution >= 0.6 is 0 Å². The molecule has 1 radical (unpaired) electrons. The molecule has 4 heavy (non-hydrogen) atoms. The third-order valence-electron chi connectivity index (χ3n) is 0. The molecule has 0 saturated carbocycles. The average molecular weight is 464 g/mol. The third kappa shape index (κ3) is 8.89. The zero-order valence-corrected chi connectivity index (χ0v) is 11.4. The van der Waals surface area contributed by atoms with Gasteiger partial charge in [0.05, 0.1) is 0 Å². The van der Waals surface area contributed by atoms with Crippen LogP contribution in [-0.4, -0.2) is 0 Å². The summed E-state index contributed by atoms with van der Waals surface area (Å²) in [5.41, 5.74) is 0. The van der Waals surface area contributed by atoms with Gasteiger partial charge in [-0.05, 0) is 0 Å². The van der Waals surface area contributed by atoms with Gasteiger partial charge in [-0.2, -0.15) is 0 Å². The maximum atomic E-state index is 2.04. The molecular formula is MoNbWZr.